The lowest BCUT2D eigenvalue weighted by atomic mass is 9.98. The van der Waals surface area contributed by atoms with E-state index in [-0.39, 0.29) is 17.1 Å². The molecule has 1 saturated heterocycles. The molecule has 1 N–H and O–H groups in total. The summed E-state index contributed by atoms with van der Waals surface area (Å²) in [6.45, 7) is 5.41. The summed E-state index contributed by atoms with van der Waals surface area (Å²) in [4.78, 5) is 15.1. The van der Waals surface area contributed by atoms with E-state index in [1.54, 1.807) is 13.2 Å². The van der Waals surface area contributed by atoms with Crippen LogP contribution in [0, 0.1) is 6.92 Å². The molecular weight excluding hydrogens is 370 g/mol. The number of phenolic OH excluding ortho intramolecular Hbond substituents is 1. The molecule has 2 aromatic rings. The molecular formula is C23H27NO5. The van der Waals surface area contributed by atoms with Gasteiger partial charge in [-0.25, -0.2) is 0 Å². The molecule has 0 bridgehead atoms. The maximum Gasteiger partial charge on any atom is 0.193 e. The molecule has 0 radical (unpaired) electrons. The normalized spacial score (nSPS) is 14.9. The highest BCUT2D eigenvalue weighted by Gasteiger charge is 2.23. The molecule has 0 aromatic heterocycles. The average Bonchev–Trinajstić information content (AvgIpc) is 2.75. The number of ketones is 1. The van der Waals surface area contributed by atoms with Gasteiger partial charge in [-0.1, -0.05) is 18.2 Å². The Balaban J connectivity index is 1.90. The zero-order chi connectivity index (χ0) is 20.8. The number of benzene rings is 2. The summed E-state index contributed by atoms with van der Waals surface area (Å²) in [5.74, 6) is 0.744. The summed E-state index contributed by atoms with van der Waals surface area (Å²) in [5.41, 5.74) is 2.64. The number of carbonyl (C=O) groups excluding carboxylic acids is 1. The zero-order valence-electron chi connectivity index (χ0n) is 17.1. The van der Waals surface area contributed by atoms with Crippen LogP contribution in [-0.2, 0) is 11.3 Å². The van der Waals surface area contributed by atoms with Crippen LogP contribution in [0.5, 0.6) is 17.2 Å². The van der Waals surface area contributed by atoms with E-state index in [2.05, 4.69) is 4.90 Å². The Morgan fingerprint density at radius 3 is 2.66 bits per heavy atom. The smallest absolute Gasteiger partial charge is 0.193 e. The van der Waals surface area contributed by atoms with Gasteiger partial charge in [0.2, 0.25) is 0 Å². The summed E-state index contributed by atoms with van der Waals surface area (Å²) in [6, 6.07) is 9.21. The van der Waals surface area contributed by atoms with E-state index in [1.165, 1.54) is 13.2 Å². The number of morpholine rings is 1. The van der Waals surface area contributed by atoms with Gasteiger partial charge in [0.1, 0.15) is 22.8 Å². The van der Waals surface area contributed by atoms with Gasteiger partial charge in [-0.05, 0) is 42.3 Å². The molecule has 0 unspecified atom stereocenters. The van der Waals surface area contributed by atoms with Gasteiger partial charge < -0.3 is 19.3 Å². The fourth-order valence-electron chi connectivity index (χ4n) is 3.39. The van der Waals surface area contributed by atoms with Crippen molar-refractivity contribution in [2.45, 2.75) is 13.5 Å². The van der Waals surface area contributed by atoms with Crippen LogP contribution >= 0.6 is 0 Å². The molecule has 1 aliphatic rings. The second kappa shape index (κ2) is 9.58. The molecule has 154 valence electrons. The van der Waals surface area contributed by atoms with Gasteiger partial charge in [0.05, 0.1) is 27.4 Å². The van der Waals surface area contributed by atoms with E-state index in [0.717, 1.165) is 29.8 Å². The number of hydrogen-bond donors (Lipinski definition) is 1. The first-order chi connectivity index (χ1) is 14.0. The fourth-order valence-corrected chi connectivity index (χ4v) is 3.39. The third-order valence-electron chi connectivity index (χ3n) is 5.07. The number of rotatable bonds is 7. The highest BCUT2D eigenvalue weighted by atomic mass is 16.5. The number of methoxy groups -OCH3 is 2. The van der Waals surface area contributed by atoms with E-state index >= 15 is 0 Å². The second-order valence-corrected chi connectivity index (χ2v) is 6.96. The summed E-state index contributed by atoms with van der Waals surface area (Å²) in [6.07, 6.45) is 3.14. The maximum atomic E-state index is 12.9. The monoisotopic (exact) mass is 397 g/mol. The van der Waals surface area contributed by atoms with Crippen LogP contribution in [-0.4, -0.2) is 56.3 Å². The quantitative estimate of drug-likeness (QED) is 0.570. The largest absolute Gasteiger partial charge is 0.507 e. The minimum Gasteiger partial charge on any atom is -0.507 e. The van der Waals surface area contributed by atoms with E-state index in [0.29, 0.717) is 31.3 Å². The van der Waals surface area contributed by atoms with E-state index in [1.807, 2.05) is 37.3 Å². The van der Waals surface area contributed by atoms with Crippen LogP contribution in [0.3, 0.4) is 0 Å². The lowest BCUT2D eigenvalue weighted by molar-refractivity contribution is 0.0337. The Hall–Kier alpha value is -2.83. The Kier molecular flexibility index (Phi) is 6.90. The molecule has 1 aliphatic heterocycles. The van der Waals surface area contributed by atoms with Crippen molar-refractivity contribution in [1.82, 2.24) is 4.90 Å². The molecule has 2 aromatic carbocycles. The third kappa shape index (κ3) is 4.96. The number of phenols is 1. The molecule has 0 saturated carbocycles. The first kappa shape index (κ1) is 20.9. The average molecular weight is 397 g/mol. The van der Waals surface area contributed by atoms with Crippen LogP contribution in [0.1, 0.15) is 27.0 Å². The summed E-state index contributed by atoms with van der Waals surface area (Å²) >= 11 is 0. The SMILES string of the molecule is COc1cccc(/C=C/C(=O)c2c(OC)cc(C)c(CN3CCOCC3)c2O)c1. The first-order valence-electron chi connectivity index (χ1n) is 9.59. The molecule has 0 amide bonds. The molecule has 6 heteroatoms. The van der Waals surface area contributed by atoms with Gasteiger partial charge in [0.15, 0.2) is 5.78 Å². The number of hydrogen-bond acceptors (Lipinski definition) is 6. The lowest BCUT2D eigenvalue weighted by Gasteiger charge is -2.28. The van der Waals surface area contributed by atoms with Crippen molar-refractivity contribution < 1.29 is 24.1 Å². The molecule has 6 nitrogen and oxygen atoms in total. The van der Waals surface area contributed by atoms with E-state index in [4.69, 9.17) is 14.2 Å². The highest BCUT2D eigenvalue weighted by Crippen LogP contribution is 2.35. The maximum absolute atomic E-state index is 12.9. The summed E-state index contributed by atoms with van der Waals surface area (Å²) in [7, 11) is 3.09. The third-order valence-corrected chi connectivity index (χ3v) is 5.07. The Morgan fingerprint density at radius 2 is 1.97 bits per heavy atom. The molecule has 0 aliphatic carbocycles. The van der Waals surface area contributed by atoms with Crippen molar-refractivity contribution in [2.24, 2.45) is 0 Å². The Morgan fingerprint density at radius 1 is 1.21 bits per heavy atom. The van der Waals surface area contributed by atoms with Gasteiger partial charge in [-0.15, -0.1) is 0 Å². The number of carbonyl (C=O) groups is 1. The van der Waals surface area contributed by atoms with Gasteiger partial charge in [0, 0.05) is 25.2 Å². The van der Waals surface area contributed by atoms with Crippen molar-refractivity contribution in [2.75, 3.05) is 40.5 Å². The van der Waals surface area contributed by atoms with E-state index in [9.17, 15) is 9.90 Å². The van der Waals surface area contributed by atoms with Crippen LogP contribution < -0.4 is 9.47 Å². The standard InChI is InChI=1S/C23H27NO5/c1-16-13-21(28-3)22(23(26)19(16)15-24-9-11-29-12-10-24)20(25)8-7-17-5-4-6-18(14-17)27-2/h4-8,13-14,26H,9-12,15H2,1-3H3/b8-7+. The molecule has 3 rings (SSSR count). The number of nitrogens with zero attached hydrogens (tertiary/aromatic N) is 1. The number of aromatic hydroxyl groups is 1. The van der Waals surface area contributed by atoms with Crippen LogP contribution in [0.2, 0.25) is 0 Å². The van der Waals surface area contributed by atoms with Crippen molar-refractivity contribution in [3.8, 4) is 17.2 Å². The lowest BCUT2D eigenvalue weighted by Crippen LogP contribution is -2.35. The molecule has 0 atom stereocenters. The van der Waals surface area contributed by atoms with Crippen molar-refractivity contribution >= 4 is 11.9 Å². The van der Waals surface area contributed by atoms with Crippen molar-refractivity contribution in [3.05, 3.63) is 58.7 Å². The number of allylic oxidation sites excluding steroid dienone is 1. The van der Waals surface area contributed by atoms with Crippen molar-refractivity contribution in [1.29, 1.82) is 0 Å². The van der Waals surface area contributed by atoms with Gasteiger partial charge in [-0.3, -0.25) is 9.69 Å². The second-order valence-electron chi connectivity index (χ2n) is 6.96. The van der Waals surface area contributed by atoms with Crippen LogP contribution in [0.25, 0.3) is 6.08 Å². The number of ether oxygens (including phenoxy) is 3. The predicted molar refractivity (Wildman–Crippen MR) is 112 cm³/mol. The summed E-state index contributed by atoms with van der Waals surface area (Å²) in [5, 5.41) is 10.9. The van der Waals surface area contributed by atoms with Crippen molar-refractivity contribution in [3.63, 3.8) is 0 Å². The zero-order valence-corrected chi connectivity index (χ0v) is 17.1. The van der Waals surface area contributed by atoms with E-state index < -0.39 is 0 Å². The number of aryl methyl sites for hydroxylation is 1. The topological polar surface area (TPSA) is 68.2 Å². The Bertz CT molecular complexity index is 900. The van der Waals surface area contributed by atoms with Gasteiger partial charge in [0.25, 0.3) is 0 Å². The molecule has 1 fully saturated rings. The van der Waals surface area contributed by atoms with Crippen LogP contribution in [0.15, 0.2) is 36.4 Å². The molecule has 29 heavy (non-hydrogen) atoms. The van der Waals surface area contributed by atoms with Gasteiger partial charge >= 0.3 is 0 Å². The predicted octanol–water partition coefficient (Wildman–Crippen LogP) is 3.45. The molecule has 1 heterocycles. The van der Waals surface area contributed by atoms with Crippen LogP contribution in [0.4, 0.5) is 0 Å². The fraction of sp³-hybridized carbons (Fsp3) is 0.348. The minimum absolute atomic E-state index is 0.0198. The molecule has 0 spiro atoms. The Labute approximate surface area is 171 Å². The first-order valence-corrected chi connectivity index (χ1v) is 9.59. The minimum atomic E-state index is -0.314. The summed E-state index contributed by atoms with van der Waals surface area (Å²) < 4.78 is 16.0. The van der Waals surface area contributed by atoms with Gasteiger partial charge in [-0.2, -0.15) is 0 Å². The highest BCUT2D eigenvalue weighted by molar-refractivity contribution is 6.10.